The van der Waals surface area contributed by atoms with Crippen LogP contribution < -0.4 is 5.73 Å². The zero-order valence-corrected chi connectivity index (χ0v) is 10.0. The van der Waals surface area contributed by atoms with E-state index >= 15 is 0 Å². The summed E-state index contributed by atoms with van der Waals surface area (Å²) in [7, 11) is 4.08. The van der Waals surface area contributed by atoms with Crippen molar-refractivity contribution in [3.05, 3.63) is 11.8 Å². The average Bonchev–Trinajstić information content (AvgIpc) is 2.19. The molecule has 1 atom stereocenters. The van der Waals surface area contributed by atoms with E-state index in [2.05, 4.69) is 23.7 Å². The van der Waals surface area contributed by atoms with Crippen LogP contribution >= 0.6 is 0 Å². The second kappa shape index (κ2) is 5.16. The SMILES string of the molecule is CC(C)/C(=C/N)C1=NCC(N(C)C)CO1. The Kier molecular flexibility index (Phi) is 4.15. The molecule has 2 N–H and O–H groups in total. The maximum absolute atomic E-state index is 5.63. The monoisotopic (exact) mass is 211 g/mol. The van der Waals surface area contributed by atoms with Gasteiger partial charge in [0.25, 0.3) is 0 Å². The molecule has 1 aliphatic heterocycles. The highest BCUT2D eigenvalue weighted by Crippen LogP contribution is 2.15. The summed E-state index contributed by atoms with van der Waals surface area (Å²) in [6, 6.07) is 0.375. The molecule has 0 saturated carbocycles. The molecule has 86 valence electrons. The zero-order valence-electron chi connectivity index (χ0n) is 10.0. The van der Waals surface area contributed by atoms with Gasteiger partial charge in [0.2, 0.25) is 5.90 Å². The minimum absolute atomic E-state index is 0.352. The highest BCUT2D eigenvalue weighted by Gasteiger charge is 2.21. The largest absolute Gasteiger partial charge is 0.476 e. The topological polar surface area (TPSA) is 50.8 Å². The van der Waals surface area contributed by atoms with Gasteiger partial charge in [0.15, 0.2) is 0 Å². The fraction of sp³-hybridized carbons (Fsp3) is 0.727. The molecule has 0 saturated heterocycles. The van der Waals surface area contributed by atoms with Crippen LogP contribution in [0.1, 0.15) is 13.8 Å². The van der Waals surface area contributed by atoms with E-state index in [0.29, 0.717) is 24.5 Å². The van der Waals surface area contributed by atoms with Crippen LogP contribution in [0, 0.1) is 5.92 Å². The smallest absolute Gasteiger partial charge is 0.213 e. The van der Waals surface area contributed by atoms with Gasteiger partial charge in [-0.3, -0.25) is 0 Å². The van der Waals surface area contributed by atoms with Crippen LogP contribution in [-0.2, 0) is 4.74 Å². The van der Waals surface area contributed by atoms with Crippen molar-refractivity contribution in [2.75, 3.05) is 27.2 Å². The van der Waals surface area contributed by atoms with E-state index in [9.17, 15) is 0 Å². The molecule has 0 fully saturated rings. The van der Waals surface area contributed by atoms with Crippen molar-refractivity contribution in [2.24, 2.45) is 16.6 Å². The van der Waals surface area contributed by atoms with Gasteiger partial charge in [0.05, 0.1) is 12.6 Å². The molecule has 0 spiro atoms. The van der Waals surface area contributed by atoms with E-state index in [4.69, 9.17) is 10.5 Å². The first-order valence-electron chi connectivity index (χ1n) is 5.32. The van der Waals surface area contributed by atoms with Crippen LogP contribution in [-0.4, -0.2) is 44.1 Å². The first-order chi connectivity index (χ1) is 7.06. The minimum Gasteiger partial charge on any atom is -0.476 e. The van der Waals surface area contributed by atoms with E-state index < -0.39 is 0 Å². The Balaban J connectivity index is 2.68. The van der Waals surface area contributed by atoms with E-state index in [-0.39, 0.29) is 0 Å². The molecule has 0 radical (unpaired) electrons. The molecule has 0 aromatic heterocycles. The lowest BCUT2D eigenvalue weighted by atomic mass is 10.0. The molecule has 0 aromatic carbocycles. The van der Waals surface area contributed by atoms with Gasteiger partial charge < -0.3 is 15.4 Å². The molecular formula is C11H21N3O. The number of hydrogen-bond acceptors (Lipinski definition) is 4. The fourth-order valence-electron chi connectivity index (χ4n) is 1.46. The molecule has 0 bridgehead atoms. The number of nitrogens with two attached hydrogens (primary N) is 1. The standard InChI is InChI=1S/C11H21N3O/c1-8(2)10(5-12)11-13-6-9(7-15-11)14(3)4/h5,8-9H,6-7,12H2,1-4H3/b10-5-. The van der Waals surface area contributed by atoms with Crippen molar-refractivity contribution in [2.45, 2.75) is 19.9 Å². The quantitative estimate of drug-likeness (QED) is 0.752. The Labute approximate surface area is 91.8 Å². The van der Waals surface area contributed by atoms with Crippen LogP contribution in [0.3, 0.4) is 0 Å². The maximum atomic E-state index is 5.63. The molecule has 1 unspecified atom stereocenters. The summed E-state index contributed by atoms with van der Waals surface area (Å²) >= 11 is 0. The molecule has 1 aliphatic rings. The summed E-state index contributed by atoms with van der Waals surface area (Å²) in [5.74, 6) is 1.07. The molecule has 4 nitrogen and oxygen atoms in total. The third-order valence-corrected chi connectivity index (χ3v) is 2.64. The normalized spacial score (nSPS) is 22.9. The lowest BCUT2D eigenvalue weighted by Gasteiger charge is -2.28. The molecule has 4 heteroatoms. The van der Waals surface area contributed by atoms with Crippen molar-refractivity contribution in [3.63, 3.8) is 0 Å². The van der Waals surface area contributed by atoms with Crippen LogP contribution in [0.15, 0.2) is 16.8 Å². The van der Waals surface area contributed by atoms with E-state index in [1.807, 2.05) is 14.1 Å². The van der Waals surface area contributed by atoms with Gasteiger partial charge in [0.1, 0.15) is 6.61 Å². The maximum Gasteiger partial charge on any atom is 0.213 e. The number of aliphatic imine (C=N–C) groups is 1. The van der Waals surface area contributed by atoms with Gasteiger partial charge in [-0.15, -0.1) is 0 Å². The first kappa shape index (κ1) is 12.0. The summed E-state index contributed by atoms with van der Waals surface area (Å²) in [6.45, 7) is 5.65. The van der Waals surface area contributed by atoms with Gasteiger partial charge in [-0.2, -0.15) is 0 Å². The van der Waals surface area contributed by atoms with Crippen molar-refractivity contribution in [1.82, 2.24) is 4.90 Å². The lowest BCUT2D eigenvalue weighted by molar-refractivity contribution is 0.165. The van der Waals surface area contributed by atoms with Gasteiger partial charge in [-0.05, 0) is 20.0 Å². The Hall–Kier alpha value is -1.03. The van der Waals surface area contributed by atoms with E-state index in [1.54, 1.807) is 6.20 Å². The zero-order chi connectivity index (χ0) is 11.4. The number of nitrogens with zero attached hydrogens (tertiary/aromatic N) is 2. The van der Waals surface area contributed by atoms with E-state index in [0.717, 1.165) is 12.1 Å². The van der Waals surface area contributed by atoms with Crippen molar-refractivity contribution < 1.29 is 4.74 Å². The summed E-state index contributed by atoms with van der Waals surface area (Å²) in [4.78, 5) is 6.56. The molecule has 1 heterocycles. The summed E-state index contributed by atoms with van der Waals surface area (Å²) < 4.78 is 5.63. The summed E-state index contributed by atoms with van der Waals surface area (Å²) in [5.41, 5.74) is 6.56. The van der Waals surface area contributed by atoms with Gasteiger partial charge >= 0.3 is 0 Å². The van der Waals surface area contributed by atoms with Crippen LogP contribution in [0.2, 0.25) is 0 Å². The summed E-state index contributed by atoms with van der Waals surface area (Å²) in [5, 5.41) is 0. The Morgan fingerprint density at radius 2 is 2.27 bits per heavy atom. The van der Waals surface area contributed by atoms with Gasteiger partial charge in [-0.1, -0.05) is 13.8 Å². The van der Waals surface area contributed by atoms with Crippen molar-refractivity contribution >= 4 is 5.90 Å². The predicted octanol–water partition coefficient (Wildman–Crippen LogP) is 0.844. The third-order valence-electron chi connectivity index (χ3n) is 2.64. The first-order valence-corrected chi connectivity index (χ1v) is 5.32. The number of ether oxygens (including phenoxy) is 1. The van der Waals surface area contributed by atoms with Gasteiger partial charge in [0, 0.05) is 11.8 Å². The molecule has 0 amide bonds. The molecule has 15 heavy (non-hydrogen) atoms. The highest BCUT2D eigenvalue weighted by atomic mass is 16.5. The molecule has 0 aliphatic carbocycles. The minimum atomic E-state index is 0.352. The number of hydrogen-bond donors (Lipinski definition) is 1. The lowest BCUT2D eigenvalue weighted by Crippen LogP contribution is -2.39. The van der Waals surface area contributed by atoms with Crippen molar-refractivity contribution in [1.29, 1.82) is 0 Å². The van der Waals surface area contributed by atoms with Gasteiger partial charge in [-0.25, -0.2) is 4.99 Å². The molecule has 0 aromatic rings. The van der Waals surface area contributed by atoms with Crippen LogP contribution in [0.5, 0.6) is 0 Å². The molecular weight excluding hydrogens is 190 g/mol. The highest BCUT2D eigenvalue weighted by molar-refractivity contribution is 5.94. The third kappa shape index (κ3) is 2.96. The predicted molar refractivity (Wildman–Crippen MR) is 62.8 cm³/mol. The Morgan fingerprint density at radius 3 is 2.60 bits per heavy atom. The number of rotatable bonds is 3. The second-order valence-electron chi connectivity index (χ2n) is 4.35. The Morgan fingerprint density at radius 1 is 1.60 bits per heavy atom. The summed E-state index contributed by atoms with van der Waals surface area (Å²) in [6.07, 6.45) is 1.60. The van der Waals surface area contributed by atoms with Crippen LogP contribution in [0.25, 0.3) is 0 Å². The van der Waals surface area contributed by atoms with E-state index in [1.165, 1.54) is 0 Å². The second-order valence-corrected chi connectivity index (χ2v) is 4.35. The fourth-order valence-corrected chi connectivity index (χ4v) is 1.46. The molecule has 1 rings (SSSR count). The van der Waals surface area contributed by atoms with Crippen LogP contribution in [0.4, 0.5) is 0 Å². The van der Waals surface area contributed by atoms with Crippen molar-refractivity contribution in [3.8, 4) is 0 Å². The average molecular weight is 211 g/mol. The Bertz CT molecular complexity index is 269. The number of likely N-dealkylation sites (N-methyl/N-ethyl adjacent to an activating group) is 1.